The number of nitrogens with zero attached hydrogens (tertiary/aromatic N) is 3. The number of nitrogens with one attached hydrogen (secondary N) is 3. The summed E-state index contributed by atoms with van der Waals surface area (Å²) in [6.07, 6.45) is 6.08. The van der Waals surface area contributed by atoms with Crippen LogP contribution in [-0.2, 0) is 31.5 Å². The first kappa shape index (κ1) is 34.9. The number of rotatable bonds is 11. The molecule has 0 bridgehead atoms. The average Bonchev–Trinajstić information content (AvgIpc) is 3.04. The molecule has 1 aliphatic carbocycles. The number of carbonyl (C=O) groups excluding carboxylic acids is 4. The van der Waals surface area contributed by atoms with E-state index in [4.69, 9.17) is 0 Å². The second kappa shape index (κ2) is 15.5. The number of aromatic nitrogens is 1. The third kappa shape index (κ3) is 8.83. The first-order valence-electron chi connectivity index (χ1n) is 15.9. The van der Waals surface area contributed by atoms with Crippen LogP contribution >= 0.6 is 0 Å². The first-order valence-corrected chi connectivity index (χ1v) is 15.9. The van der Waals surface area contributed by atoms with Gasteiger partial charge >= 0.3 is 5.92 Å². The Morgan fingerprint density at radius 2 is 1.70 bits per heavy atom. The van der Waals surface area contributed by atoms with E-state index in [0.717, 1.165) is 31.5 Å². The summed E-state index contributed by atoms with van der Waals surface area (Å²) in [5.74, 6) is -8.15. The molecule has 1 aromatic heterocycles. The van der Waals surface area contributed by atoms with Crippen LogP contribution < -0.4 is 16.0 Å². The van der Waals surface area contributed by atoms with E-state index in [1.807, 2.05) is 7.05 Å². The third-order valence-electron chi connectivity index (χ3n) is 8.71. The van der Waals surface area contributed by atoms with Crippen LogP contribution in [0.5, 0.6) is 0 Å². The van der Waals surface area contributed by atoms with Gasteiger partial charge in [0.25, 0.3) is 5.91 Å². The molecule has 4 rings (SSSR count). The van der Waals surface area contributed by atoms with Crippen LogP contribution in [0.4, 0.5) is 18.9 Å². The molecule has 3 N–H and O–H groups in total. The topological polar surface area (TPSA) is 124 Å². The standard InChI is InChI=1S/C33H43F3N6O4/c1-4-28(43)38-27(31(45)42-14-12-41(3)13-15-42)18-22-10-11-26(25(34)17-22)39-30(44)29(23-8-6-5-7-9-23)40-32(46)33(35,36)24-16-21(2)19-37-20-24/h10-11,16-17,19-20,23,27,29H,4-9,12-15,18H2,1-3H3,(H,38,43)(H,39,44)(H,40,46)/t27-,29+/m1/s1. The van der Waals surface area contributed by atoms with Gasteiger partial charge in [0, 0.05) is 57.0 Å². The van der Waals surface area contributed by atoms with Crippen LogP contribution in [0, 0.1) is 18.7 Å². The molecule has 0 spiro atoms. The molecule has 0 unspecified atom stereocenters. The third-order valence-corrected chi connectivity index (χ3v) is 8.71. The van der Waals surface area contributed by atoms with Crippen molar-refractivity contribution in [1.29, 1.82) is 0 Å². The first-order chi connectivity index (χ1) is 21.9. The fourth-order valence-electron chi connectivity index (χ4n) is 5.93. The number of hydrogen-bond acceptors (Lipinski definition) is 6. The summed E-state index contributed by atoms with van der Waals surface area (Å²) in [6, 6.07) is 2.99. The van der Waals surface area contributed by atoms with Crippen molar-refractivity contribution in [2.75, 3.05) is 38.5 Å². The van der Waals surface area contributed by atoms with Gasteiger partial charge in [-0.05, 0) is 62.1 Å². The maximum Gasteiger partial charge on any atom is 0.351 e. The highest BCUT2D eigenvalue weighted by molar-refractivity contribution is 5.98. The summed E-state index contributed by atoms with van der Waals surface area (Å²) in [4.78, 5) is 59.4. The maximum absolute atomic E-state index is 15.4. The van der Waals surface area contributed by atoms with Crippen LogP contribution in [-0.4, -0.2) is 83.7 Å². The van der Waals surface area contributed by atoms with Crippen molar-refractivity contribution in [2.24, 2.45) is 5.92 Å². The number of halogens is 3. The molecule has 2 heterocycles. The number of alkyl halides is 2. The van der Waals surface area contributed by atoms with Gasteiger partial charge < -0.3 is 25.8 Å². The van der Waals surface area contributed by atoms with Crippen LogP contribution in [0.25, 0.3) is 0 Å². The van der Waals surface area contributed by atoms with Crippen molar-refractivity contribution in [1.82, 2.24) is 25.4 Å². The van der Waals surface area contributed by atoms with Gasteiger partial charge in [-0.2, -0.15) is 8.78 Å². The van der Waals surface area contributed by atoms with Gasteiger partial charge in [0.05, 0.1) is 5.69 Å². The second-order valence-corrected chi connectivity index (χ2v) is 12.3. The van der Waals surface area contributed by atoms with E-state index in [2.05, 4.69) is 25.8 Å². The molecule has 1 saturated heterocycles. The van der Waals surface area contributed by atoms with Crippen LogP contribution in [0.1, 0.15) is 62.1 Å². The van der Waals surface area contributed by atoms with Crippen molar-refractivity contribution in [3.8, 4) is 0 Å². The Labute approximate surface area is 267 Å². The monoisotopic (exact) mass is 644 g/mol. The number of anilines is 1. The molecule has 13 heteroatoms. The number of amides is 4. The Hall–Kier alpha value is -4.00. The van der Waals surface area contributed by atoms with Gasteiger partial charge in [-0.3, -0.25) is 24.2 Å². The Bertz CT molecular complexity index is 1410. The zero-order chi connectivity index (χ0) is 33.4. The minimum atomic E-state index is -3.94. The molecule has 1 saturated carbocycles. The second-order valence-electron chi connectivity index (χ2n) is 12.3. The molecule has 2 fully saturated rings. The molecule has 10 nitrogen and oxygen atoms in total. The molecular weight excluding hydrogens is 601 g/mol. The summed E-state index contributed by atoms with van der Waals surface area (Å²) in [7, 11) is 1.96. The lowest BCUT2D eigenvalue weighted by molar-refractivity contribution is -0.149. The molecule has 46 heavy (non-hydrogen) atoms. The average molecular weight is 645 g/mol. The predicted molar refractivity (Wildman–Crippen MR) is 166 cm³/mol. The highest BCUT2D eigenvalue weighted by Crippen LogP contribution is 2.31. The molecule has 1 aliphatic heterocycles. The van der Waals surface area contributed by atoms with E-state index in [-0.39, 0.29) is 30.3 Å². The Kier molecular flexibility index (Phi) is 11.8. The molecule has 0 radical (unpaired) electrons. The molecular formula is C33H43F3N6O4. The molecule has 2 aliphatic rings. The van der Waals surface area contributed by atoms with Crippen LogP contribution in [0.15, 0.2) is 36.7 Å². The van der Waals surface area contributed by atoms with Crippen molar-refractivity contribution < 1.29 is 32.3 Å². The number of piperazine rings is 1. The van der Waals surface area contributed by atoms with E-state index in [9.17, 15) is 19.2 Å². The number of likely N-dealkylation sites (N-methyl/N-ethyl adjacent to an activating group) is 1. The fourth-order valence-corrected chi connectivity index (χ4v) is 5.93. The van der Waals surface area contributed by atoms with E-state index in [0.29, 0.717) is 50.1 Å². The molecule has 250 valence electrons. The lowest BCUT2D eigenvalue weighted by atomic mass is 9.83. The zero-order valence-electron chi connectivity index (χ0n) is 26.6. The predicted octanol–water partition coefficient (Wildman–Crippen LogP) is 3.54. The van der Waals surface area contributed by atoms with Crippen molar-refractivity contribution in [3.63, 3.8) is 0 Å². The minimum Gasteiger partial charge on any atom is -0.344 e. The maximum atomic E-state index is 15.4. The van der Waals surface area contributed by atoms with Gasteiger partial charge in [0.1, 0.15) is 17.9 Å². The molecule has 2 aromatic rings. The number of hydrogen-bond donors (Lipinski definition) is 3. The summed E-state index contributed by atoms with van der Waals surface area (Å²) in [5, 5.41) is 7.48. The van der Waals surface area contributed by atoms with E-state index in [1.54, 1.807) is 18.7 Å². The van der Waals surface area contributed by atoms with Gasteiger partial charge in [-0.1, -0.05) is 32.3 Å². The number of pyridine rings is 1. The largest absolute Gasteiger partial charge is 0.351 e. The van der Waals surface area contributed by atoms with E-state index < -0.39 is 47.1 Å². The minimum absolute atomic E-state index is 0.0334. The van der Waals surface area contributed by atoms with E-state index in [1.165, 1.54) is 24.4 Å². The van der Waals surface area contributed by atoms with Gasteiger partial charge in [-0.15, -0.1) is 0 Å². The van der Waals surface area contributed by atoms with Crippen molar-refractivity contribution >= 4 is 29.3 Å². The normalized spacial score (nSPS) is 17.6. The SMILES string of the molecule is CCC(=O)N[C@H](Cc1ccc(NC(=O)[C@@H](NC(=O)C(F)(F)c2cncc(C)c2)C2CCCCC2)c(F)c1)C(=O)N1CCN(C)CC1. The zero-order valence-corrected chi connectivity index (χ0v) is 26.6. The van der Waals surface area contributed by atoms with Crippen molar-refractivity contribution in [3.05, 3.63) is 59.2 Å². The molecule has 4 amide bonds. The van der Waals surface area contributed by atoms with Gasteiger partial charge in [0.2, 0.25) is 17.7 Å². The Morgan fingerprint density at radius 3 is 2.33 bits per heavy atom. The smallest absolute Gasteiger partial charge is 0.344 e. The fraction of sp³-hybridized carbons (Fsp3) is 0.545. The number of benzene rings is 1. The Morgan fingerprint density at radius 1 is 1.00 bits per heavy atom. The summed E-state index contributed by atoms with van der Waals surface area (Å²) in [5.41, 5.74) is 0.0862. The van der Waals surface area contributed by atoms with Gasteiger partial charge in [-0.25, -0.2) is 4.39 Å². The van der Waals surface area contributed by atoms with Crippen LogP contribution in [0.3, 0.4) is 0 Å². The van der Waals surface area contributed by atoms with E-state index >= 15 is 13.2 Å². The highest BCUT2D eigenvalue weighted by atomic mass is 19.3. The number of aryl methyl sites for hydroxylation is 1. The lowest BCUT2D eigenvalue weighted by Crippen LogP contribution is -2.54. The number of carbonyl (C=O) groups is 4. The van der Waals surface area contributed by atoms with Gasteiger partial charge in [0.15, 0.2) is 0 Å². The van der Waals surface area contributed by atoms with Crippen molar-refractivity contribution in [2.45, 2.75) is 76.8 Å². The summed E-state index contributed by atoms with van der Waals surface area (Å²) in [6.45, 7) is 5.68. The summed E-state index contributed by atoms with van der Waals surface area (Å²) >= 11 is 0. The lowest BCUT2D eigenvalue weighted by Gasteiger charge is -2.34. The highest BCUT2D eigenvalue weighted by Gasteiger charge is 2.44. The molecule has 1 aromatic carbocycles. The van der Waals surface area contributed by atoms with Crippen LogP contribution in [0.2, 0.25) is 0 Å². The Balaban J connectivity index is 1.49. The summed E-state index contributed by atoms with van der Waals surface area (Å²) < 4.78 is 45.7. The molecule has 2 atom stereocenters. The quantitative estimate of drug-likeness (QED) is 0.344.